The second-order valence-electron chi connectivity index (χ2n) is 11.9. The van der Waals surface area contributed by atoms with Crippen molar-refractivity contribution in [2.24, 2.45) is 39.5 Å². The average Bonchev–Trinajstić information content (AvgIpc) is 2.71. The van der Waals surface area contributed by atoms with Gasteiger partial charge < -0.3 is 5.11 Å². The lowest BCUT2D eigenvalue weighted by Gasteiger charge is -2.55. The van der Waals surface area contributed by atoms with Crippen molar-refractivity contribution in [2.75, 3.05) is 6.54 Å². The van der Waals surface area contributed by atoms with E-state index in [4.69, 9.17) is 4.99 Å². The third-order valence-electron chi connectivity index (χ3n) is 9.70. The number of fused-ring (bicyclic) bond motifs is 4. The average molecular weight is 426 g/mol. The van der Waals surface area contributed by atoms with E-state index in [1.54, 1.807) is 5.57 Å². The van der Waals surface area contributed by atoms with E-state index in [9.17, 15) is 9.90 Å². The summed E-state index contributed by atoms with van der Waals surface area (Å²) in [6.07, 6.45) is 9.29. The van der Waals surface area contributed by atoms with E-state index in [2.05, 4.69) is 41.2 Å². The van der Waals surface area contributed by atoms with Gasteiger partial charge in [0.05, 0.1) is 12.6 Å². The van der Waals surface area contributed by atoms with Gasteiger partial charge in [-0.2, -0.15) is 0 Å². The van der Waals surface area contributed by atoms with Gasteiger partial charge in [0.25, 0.3) is 0 Å². The summed E-state index contributed by atoms with van der Waals surface area (Å²) in [5.41, 5.74) is 5.80. The molecular weight excluding hydrogens is 382 g/mol. The van der Waals surface area contributed by atoms with E-state index in [1.807, 2.05) is 0 Å². The zero-order valence-corrected chi connectivity index (χ0v) is 20.5. The van der Waals surface area contributed by atoms with Crippen molar-refractivity contribution in [3.05, 3.63) is 23.3 Å². The SMILES string of the molecule is C=C(CCC(C)C1C(=O)CN=C2C3=C(CCC21C)C1(C)CCC(O)CC1CC3)C(C)C. The summed E-state index contributed by atoms with van der Waals surface area (Å²) in [6, 6.07) is 0. The molecule has 4 rings (SSSR count). The van der Waals surface area contributed by atoms with Crippen LogP contribution in [0.3, 0.4) is 0 Å². The molecule has 1 N–H and O–H groups in total. The highest BCUT2D eigenvalue weighted by Gasteiger charge is 2.54. The van der Waals surface area contributed by atoms with Gasteiger partial charge in [-0.05, 0) is 86.5 Å². The van der Waals surface area contributed by atoms with Gasteiger partial charge in [-0.25, -0.2) is 0 Å². The molecule has 4 aliphatic rings. The quantitative estimate of drug-likeness (QED) is 0.525. The molecule has 0 aromatic carbocycles. The van der Waals surface area contributed by atoms with Crippen molar-refractivity contribution in [3.8, 4) is 0 Å². The Labute approximate surface area is 189 Å². The van der Waals surface area contributed by atoms with Crippen LogP contribution in [-0.2, 0) is 4.79 Å². The summed E-state index contributed by atoms with van der Waals surface area (Å²) in [4.78, 5) is 18.2. The number of aliphatic hydroxyl groups excluding tert-OH is 1. The van der Waals surface area contributed by atoms with Crippen molar-refractivity contribution in [2.45, 2.75) is 98.5 Å². The van der Waals surface area contributed by atoms with Crippen molar-refractivity contribution in [3.63, 3.8) is 0 Å². The van der Waals surface area contributed by atoms with Crippen molar-refractivity contribution in [1.29, 1.82) is 0 Å². The molecule has 6 unspecified atom stereocenters. The van der Waals surface area contributed by atoms with Gasteiger partial charge in [0.1, 0.15) is 0 Å². The topological polar surface area (TPSA) is 49.7 Å². The normalized spacial score (nSPS) is 38.9. The van der Waals surface area contributed by atoms with Crippen molar-refractivity contribution >= 4 is 11.5 Å². The molecule has 1 saturated carbocycles. The number of carbonyl (C=O) groups is 1. The molecule has 1 fully saturated rings. The van der Waals surface area contributed by atoms with Gasteiger partial charge in [-0.3, -0.25) is 9.79 Å². The van der Waals surface area contributed by atoms with Gasteiger partial charge in [-0.15, -0.1) is 0 Å². The maximum Gasteiger partial charge on any atom is 0.158 e. The van der Waals surface area contributed by atoms with Gasteiger partial charge in [0.2, 0.25) is 0 Å². The first-order valence-electron chi connectivity index (χ1n) is 12.7. The Balaban J connectivity index is 1.63. The molecule has 0 radical (unpaired) electrons. The Morgan fingerprint density at radius 2 is 1.90 bits per heavy atom. The fourth-order valence-electron chi connectivity index (χ4n) is 7.57. The highest BCUT2D eigenvalue weighted by atomic mass is 16.3. The van der Waals surface area contributed by atoms with Crippen LogP contribution in [0.5, 0.6) is 0 Å². The van der Waals surface area contributed by atoms with Gasteiger partial charge >= 0.3 is 0 Å². The van der Waals surface area contributed by atoms with Crippen LogP contribution in [0, 0.1) is 34.5 Å². The zero-order chi connectivity index (χ0) is 22.6. The first-order valence-corrected chi connectivity index (χ1v) is 12.7. The lowest BCUT2D eigenvalue weighted by Crippen LogP contribution is -2.52. The van der Waals surface area contributed by atoms with Crippen LogP contribution in [-0.4, -0.2) is 29.3 Å². The summed E-state index contributed by atoms with van der Waals surface area (Å²) in [5, 5.41) is 10.3. The first-order chi connectivity index (χ1) is 14.6. The maximum atomic E-state index is 13.2. The van der Waals surface area contributed by atoms with E-state index < -0.39 is 0 Å². The molecule has 0 spiro atoms. The summed E-state index contributed by atoms with van der Waals surface area (Å²) >= 11 is 0. The molecular formula is C28H43NO2. The Morgan fingerprint density at radius 1 is 1.16 bits per heavy atom. The minimum absolute atomic E-state index is 0.0766. The van der Waals surface area contributed by atoms with Crippen LogP contribution in [0.4, 0.5) is 0 Å². The number of rotatable bonds is 5. The highest BCUT2D eigenvalue weighted by molar-refractivity contribution is 6.11. The highest BCUT2D eigenvalue weighted by Crippen LogP contribution is 2.60. The molecule has 1 heterocycles. The Morgan fingerprint density at radius 3 is 2.61 bits per heavy atom. The Kier molecular flexibility index (Phi) is 6.13. The third-order valence-corrected chi connectivity index (χ3v) is 9.70. The van der Waals surface area contributed by atoms with Crippen LogP contribution in [0.15, 0.2) is 28.3 Å². The third kappa shape index (κ3) is 3.79. The second kappa shape index (κ2) is 8.28. The lowest BCUT2D eigenvalue weighted by atomic mass is 9.50. The van der Waals surface area contributed by atoms with E-state index in [-0.39, 0.29) is 22.9 Å². The smallest absolute Gasteiger partial charge is 0.158 e. The van der Waals surface area contributed by atoms with Gasteiger partial charge in [0.15, 0.2) is 5.78 Å². The van der Waals surface area contributed by atoms with Crippen LogP contribution in [0.25, 0.3) is 0 Å². The molecule has 0 amide bonds. The molecule has 0 aromatic rings. The Hall–Kier alpha value is -1.22. The molecule has 0 bridgehead atoms. The van der Waals surface area contributed by atoms with E-state index >= 15 is 0 Å². The van der Waals surface area contributed by atoms with E-state index in [1.165, 1.54) is 16.9 Å². The number of Topliss-reactive ketones (excluding diaryl/α,β-unsaturated/α-hetero) is 1. The number of aliphatic imine (C=N–C) groups is 1. The molecule has 31 heavy (non-hydrogen) atoms. The summed E-state index contributed by atoms with van der Waals surface area (Å²) < 4.78 is 0. The number of ketones is 1. The molecule has 3 nitrogen and oxygen atoms in total. The monoisotopic (exact) mass is 425 g/mol. The summed E-state index contributed by atoms with van der Waals surface area (Å²) in [7, 11) is 0. The zero-order valence-electron chi connectivity index (χ0n) is 20.5. The van der Waals surface area contributed by atoms with Gasteiger partial charge in [-0.1, -0.05) is 52.3 Å². The minimum atomic E-state index is -0.121. The predicted octanol–water partition coefficient (Wildman–Crippen LogP) is 6.31. The fourth-order valence-corrected chi connectivity index (χ4v) is 7.57. The molecule has 0 aromatic heterocycles. The van der Waals surface area contributed by atoms with E-state index in [0.29, 0.717) is 30.1 Å². The standard InChI is InChI=1S/C28H43NO2/c1-17(2)18(3)7-8-19(4)25-24(31)16-29-26-22-10-9-20-15-21(30)11-13-27(20,5)23(22)12-14-28(25,26)6/h17,19-21,25,30H,3,7-16H2,1-2,4-6H3. The fraction of sp³-hybridized carbons (Fsp3) is 0.786. The molecule has 3 heteroatoms. The number of nitrogens with zero attached hydrogens (tertiary/aromatic N) is 1. The molecule has 6 atom stereocenters. The number of hydrogen-bond donors (Lipinski definition) is 1. The minimum Gasteiger partial charge on any atom is -0.393 e. The number of aliphatic hydroxyl groups is 1. The van der Waals surface area contributed by atoms with E-state index in [0.717, 1.165) is 57.8 Å². The second-order valence-corrected chi connectivity index (χ2v) is 11.9. The van der Waals surface area contributed by atoms with Crippen LogP contribution < -0.4 is 0 Å². The molecule has 1 aliphatic heterocycles. The largest absolute Gasteiger partial charge is 0.393 e. The summed E-state index contributed by atoms with van der Waals surface area (Å²) in [5.74, 6) is 1.89. The molecule has 172 valence electrons. The lowest BCUT2D eigenvalue weighted by molar-refractivity contribution is -0.127. The summed E-state index contributed by atoms with van der Waals surface area (Å²) in [6.45, 7) is 16.1. The molecule has 3 aliphatic carbocycles. The van der Waals surface area contributed by atoms with Crippen molar-refractivity contribution < 1.29 is 9.90 Å². The van der Waals surface area contributed by atoms with Crippen LogP contribution in [0.1, 0.15) is 92.4 Å². The van der Waals surface area contributed by atoms with Gasteiger partial charge in [0, 0.05) is 17.0 Å². The first kappa shape index (κ1) is 23.0. The number of allylic oxidation sites excluding steroid dienone is 3. The molecule has 0 saturated heterocycles. The van der Waals surface area contributed by atoms with Crippen molar-refractivity contribution in [1.82, 2.24) is 0 Å². The maximum absolute atomic E-state index is 13.2. The number of hydrogen-bond acceptors (Lipinski definition) is 3. The number of carbonyl (C=O) groups excluding carboxylic acids is 1. The van der Waals surface area contributed by atoms with Crippen LogP contribution in [0.2, 0.25) is 0 Å². The Bertz CT molecular complexity index is 821. The predicted molar refractivity (Wildman–Crippen MR) is 128 cm³/mol. The van der Waals surface area contributed by atoms with Crippen LogP contribution >= 0.6 is 0 Å².